The van der Waals surface area contributed by atoms with Crippen molar-refractivity contribution in [1.29, 1.82) is 0 Å². The fourth-order valence-electron chi connectivity index (χ4n) is 3.86. The largest absolute Gasteiger partial charge is 0.356 e. The van der Waals surface area contributed by atoms with E-state index in [-0.39, 0.29) is 22.3 Å². The van der Waals surface area contributed by atoms with Gasteiger partial charge in [-0.25, -0.2) is 8.42 Å². The molecule has 1 N–H and O–H groups in total. The van der Waals surface area contributed by atoms with Crippen molar-refractivity contribution >= 4 is 56.1 Å². The summed E-state index contributed by atoms with van der Waals surface area (Å²) in [5.74, 6) is 0.542. The van der Waals surface area contributed by atoms with E-state index in [0.29, 0.717) is 42.6 Å². The fraction of sp³-hybridized carbons (Fsp3) is 0.333. The summed E-state index contributed by atoms with van der Waals surface area (Å²) in [5, 5.41) is 11.9. The van der Waals surface area contributed by atoms with Crippen molar-refractivity contribution < 1.29 is 18.0 Å². The maximum Gasteiger partial charge on any atom is 0.243 e. The van der Waals surface area contributed by atoms with Gasteiger partial charge >= 0.3 is 0 Å². The van der Waals surface area contributed by atoms with Crippen molar-refractivity contribution in [2.45, 2.75) is 36.2 Å². The van der Waals surface area contributed by atoms with Crippen LogP contribution in [0.2, 0.25) is 0 Å². The van der Waals surface area contributed by atoms with Crippen LogP contribution in [0, 0.1) is 3.57 Å². The first kappa shape index (κ1) is 26.8. The summed E-state index contributed by atoms with van der Waals surface area (Å²) >= 11 is 3.50. The average Bonchev–Trinajstić information content (AvgIpc) is 3.54. The minimum absolute atomic E-state index is 0.116. The summed E-state index contributed by atoms with van der Waals surface area (Å²) in [6.45, 7) is 2.96. The molecule has 0 radical (unpaired) electrons. The van der Waals surface area contributed by atoms with Gasteiger partial charge < -0.3 is 5.32 Å². The van der Waals surface area contributed by atoms with Gasteiger partial charge in [-0.1, -0.05) is 23.9 Å². The number of thioether (sulfide) groups is 1. The van der Waals surface area contributed by atoms with E-state index in [9.17, 15) is 18.0 Å². The molecule has 9 nitrogen and oxygen atoms in total. The van der Waals surface area contributed by atoms with Crippen LogP contribution in [0.1, 0.15) is 35.9 Å². The molecule has 1 saturated heterocycles. The highest BCUT2D eigenvalue weighted by molar-refractivity contribution is 14.1. The molecule has 0 saturated carbocycles. The molecule has 2 aromatic carbocycles. The minimum Gasteiger partial charge on any atom is -0.356 e. The third-order valence-electron chi connectivity index (χ3n) is 5.72. The van der Waals surface area contributed by atoms with E-state index in [1.54, 1.807) is 12.1 Å². The van der Waals surface area contributed by atoms with E-state index < -0.39 is 10.0 Å². The van der Waals surface area contributed by atoms with Crippen LogP contribution < -0.4 is 5.32 Å². The molecule has 4 rings (SSSR count). The number of amides is 1. The number of benzene rings is 2. The Morgan fingerprint density at radius 2 is 1.69 bits per heavy atom. The molecule has 1 aromatic heterocycles. The molecule has 1 fully saturated rings. The molecule has 0 spiro atoms. The van der Waals surface area contributed by atoms with Crippen LogP contribution in [0.3, 0.4) is 0 Å². The number of nitrogens with zero attached hydrogens (tertiary/aromatic N) is 4. The number of Topliss-reactive ketones (excluding diaryl/α,β-unsaturated/α-hetero) is 1. The Morgan fingerprint density at radius 1 is 1.03 bits per heavy atom. The lowest BCUT2D eigenvalue weighted by Gasteiger charge is -2.15. The second-order valence-electron chi connectivity index (χ2n) is 8.29. The zero-order chi connectivity index (χ0) is 25.7. The summed E-state index contributed by atoms with van der Waals surface area (Å²) in [6, 6.07) is 14.0. The van der Waals surface area contributed by atoms with Crippen molar-refractivity contribution in [3.05, 3.63) is 63.5 Å². The molecule has 1 aliphatic heterocycles. The van der Waals surface area contributed by atoms with Gasteiger partial charge in [0.1, 0.15) is 5.82 Å². The first-order valence-corrected chi connectivity index (χ1v) is 15.0. The first-order chi connectivity index (χ1) is 17.3. The zero-order valence-electron chi connectivity index (χ0n) is 19.7. The second-order valence-corrected chi connectivity index (χ2v) is 12.4. The van der Waals surface area contributed by atoms with Gasteiger partial charge in [-0.15, -0.1) is 10.2 Å². The van der Waals surface area contributed by atoms with Gasteiger partial charge in [0.2, 0.25) is 15.9 Å². The lowest BCUT2D eigenvalue weighted by molar-refractivity contribution is -0.118. The van der Waals surface area contributed by atoms with Gasteiger partial charge in [-0.3, -0.25) is 14.2 Å². The van der Waals surface area contributed by atoms with Crippen molar-refractivity contribution in [2.75, 3.05) is 25.4 Å². The average molecular weight is 640 g/mol. The Kier molecular flexibility index (Phi) is 8.80. The SMILES string of the molecule is CC(=O)NCCc1nnc(SCC(=O)c2ccc(S(=O)(=O)N3CCCC3)cc2)n1-c1ccc(I)cc1. The second kappa shape index (κ2) is 11.8. The number of ketones is 1. The summed E-state index contributed by atoms with van der Waals surface area (Å²) in [7, 11) is -3.52. The van der Waals surface area contributed by atoms with E-state index >= 15 is 0 Å². The van der Waals surface area contributed by atoms with Crippen molar-refractivity contribution in [2.24, 2.45) is 0 Å². The maximum absolute atomic E-state index is 12.9. The van der Waals surface area contributed by atoms with E-state index in [0.717, 1.165) is 22.1 Å². The van der Waals surface area contributed by atoms with E-state index in [1.165, 1.54) is 35.1 Å². The van der Waals surface area contributed by atoms with Crippen molar-refractivity contribution in [1.82, 2.24) is 24.4 Å². The first-order valence-electron chi connectivity index (χ1n) is 11.5. The summed E-state index contributed by atoms with van der Waals surface area (Å²) in [4.78, 5) is 24.4. The highest BCUT2D eigenvalue weighted by Crippen LogP contribution is 2.25. The molecule has 2 heterocycles. The van der Waals surface area contributed by atoms with Crippen LogP contribution in [0.25, 0.3) is 5.69 Å². The molecule has 0 aliphatic carbocycles. The number of carbonyl (C=O) groups excluding carboxylic acids is 2. The Balaban J connectivity index is 1.48. The maximum atomic E-state index is 12.9. The fourth-order valence-corrected chi connectivity index (χ4v) is 6.60. The van der Waals surface area contributed by atoms with Crippen LogP contribution in [0.15, 0.2) is 58.6 Å². The number of carbonyl (C=O) groups is 2. The third-order valence-corrected chi connectivity index (χ3v) is 9.28. The standard InChI is InChI=1S/C24H26IN5O4S2/c1-17(31)26-13-12-23-27-28-24(30(23)20-8-6-19(25)7-9-20)35-16-22(32)18-4-10-21(11-5-18)36(33,34)29-14-2-3-15-29/h4-11H,2-3,12-16H2,1H3,(H,26,31). The molecule has 36 heavy (non-hydrogen) atoms. The molecule has 0 atom stereocenters. The van der Waals surface area contributed by atoms with Crippen LogP contribution >= 0.6 is 34.4 Å². The summed E-state index contributed by atoms with van der Waals surface area (Å²) in [6.07, 6.45) is 2.23. The van der Waals surface area contributed by atoms with Crippen molar-refractivity contribution in [3.8, 4) is 5.69 Å². The highest BCUT2D eigenvalue weighted by atomic mass is 127. The number of halogens is 1. The number of sulfonamides is 1. The Bertz CT molecular complexity index is 1340. The molecule has 1 aliphatic rings. The molecule has 3 aromatic rings. The molecule has 12 heteroatoms. The van der Waals surface area contributed by atoms with E-state index in [4.69, 9.17) is 0 Å². The van der Waals surface area contributed by atoms with Crippen LogP contribution in [-0.2, 0) is 21.2 Å². The quantitative estimate of drug-likeness (QED) is 0.206. The molecule has 0 bridgehead atoms. The number of nitrogens with one attached hydrogen (secondary N) is 1. The lowest BCUT2D eigenvalue weighted by atomic mass is 10.1. The topological polar surface area (TPSA) is 114 Å². The van der Waals surface area contributed by atoms with E-state index in [1.807, 2.05) is 28.8 Å². The predicted molar refractivity (Wildman–Crippen MR) is 146 cm³/mol. The molecule has 1 amide bonds. The van der Waals surface area contributed by atoms with Crippen molar-refractivity contribution in [3.63, 3.8) is 0 Å². The van der Waals surface area contributed by atoms with Gasteiger partial charge in [0.25, 0.3) is 0 Å². The highest BCUT2D eigenvalue weighted by Gasteiger charge is 2.27. The lowest BCUT2D eigenvalue weighted by Crippen LogP contribution is -2.27. The number of rotatable bonds is 10. The van der Waals surface area contributed by atoms with Gasteiger partial charge in [-0.2, -0.15) is 4.31 Å². The molecule has 0 unspecified atom stereocenters. The van der Waals surface area contributed by atoms with Crippen LogP contribution in [-0.4, -0.2) is 64.6 Å². The number of hydrogen-bond donors (Lipinski definition) is 1. The Morgan fingerprint density at radius 3 is 2.33 bits per heavy atom. The van der Waals surface area contributed by atoms with Gasteiger partial charge in [0.15, 0.2) is 10.9 Å². The van der Waals surface area contributed by atoms with Gasteiger partial charge in [0, 0.05) is 47.8 Å². The Labute approximate surface area is 228 Å². The third kappa shape index (κ3) is 6.33. The predicted octanol–water partition coefficient (Wildman–Crippen LogP) is 3.31. The van der Waals surface area contributed by atoms with E-state index in [2.05, 4.69) is 38.1 Å². The van der Waals surface area contributed by atoms with Crippen LogP contribution in [0.4, 0.5) is 0 Å². The summed E-state index contributed by atoms with van der Waals surface area (Å²) in [5.41, 5.74) is 1.30. The molecular formula is C24H26IN5O4S2. The Hall–Kier alpha value is -2.29. The number of hydrogen-bond acceptors (Lipinski definition) is 7. The normalized spacial score (nSPS) is 14.2. The summed E-state index contributed by atoms with van der Waals surface area (Å²) < 4.78 is 29.9. The molecule has 190 valence electrons. The monoisotopic (exact) mass is 639 g/mol. The number of aromatic nitrogens is 3. The molecular weight excluding hydrogens is 613 g/mol. The van der Waals surface area contributed by atoms with Gasteiger partial charge in [0.05, 0.1) is 10.6 Å². The van der Waals surface area contributed by atoms with Gasteiger partial charge in [-0.05, 0) is 71.8 Å². The zero-order valence-corrected chi connectivity index (χ0v) is 23.5. The smallest absolute Gasteiger partial charge is 0.243 e. The van der Waals surface area contributed by atoms with Crippen LogP contribution in [0.5, 0.6) is 0 Å². The minimum atomic E-state index is -3.52.